The Morgan fingerprint density at radius 2 is 2.00 bits per heavy atom. The molecule has 1 N–H and O–H groups in total. The van der Waals surface area contributed by atoms with E-state index < -0.39 is 0 Å². The van der Waals surface area contributed by atoms with Gasteiger partial charge < -0.3 is 9.84 Å². The Balaban J connectivity index is 2.06. The largest absolute Gasteiger partial charge is 0.504 e. The fraction of sp³-hybridized carbons (Fsp3) is 0.647. The summed E-state index contributed by atoms with van der Waals surface area (Å²) in [6.45, 7) is 7.22. The van der Waals surface area contributed by atoms with Crippen molar-refractivity contribution in [3.05, 3.63) is 23.8 Å². The maximum absolute atomic E-state index is 10.4. The molecular formula is C17H24O2. The number of fused-ring (bicyclic) bond motifs is 2. The van der Waals surface area contributed by atoms with Crippen molar-refractivity contribution in [3.8, 4) is 11.5 Å². The lowest BCUT2D eigenvalue weighted by Crippen LogP contribution is -2.31. The van der Waals surface area contributed by atoms with Gasteiger partial charge in [0, 0.05) is 5.56 Å². The predicted octanol–water partition coefficient (Wildman–Crippen LogP) is 4.33. The molecule has 104 valence electrons. The summed E-state index contributed by atoms with van der Waals surface area (Å²) in [6.07, 6.45) is 3.81. The van der Waals surface area contributed by atoms with Crippen LogP contribution in [0.3, 0.4) is 0 Å². The molecule has 2 saturated carbocycles. The molecule has 2 fully saturated rings. The second-order valence-corrected chi connectivity index (χ2v) is 7.06. The molecule has 2 aliphatic rings. The lowest BCUT2D eigenvalue weighted by atomic mass is 9.65. The van der Waals surface area contributed by atoms with E-state index in [1.807, 2.05) is 12.1 Å². The molecule has 0 radical (unpaired) electrons. The van der Waals surface area contributed by atoms with Gasteiger partial charge in [0.15, 0.2) is 11.5 Å². The third-order valence-corrected chi connectivity index (χ3v) is 6.42. The minimum atomic E-state index is 0.293. The molecule has 2 nitrogen and oxygen atoms in total. The van der Waals surface area contributed by atoms with Gasteiger partial charge in [-0.05, 0) is 48.0 Å². The molecule has 2 bridgehead atoms. The molecule has 0 amide bonds. The van der Waals surface area contributed by atoms with Crippen molar-refractivity contribution in [3.63, 3.8) is 0 Å². The zero-order valence-corrected chi connectivity index (χ0v) is 12.4. The summed E-state index contributed by atoms with van der Waals surface area (Å²) in [5, 5.41) is 10.4. The zero-order chi connectivity index (χ0) is 13.8. The Hall–Kier alpha value is -1.18. The van der Waals surface area contributed by atoms with Crippen LogP contribution >= 0.6 is 0 Å². The number of phenolic OH excluding ortho intramolecular Hbond substituents is 1. The van der Waals surface area contributed by atoms with Crippen LogP contribution in [0.5, 0.6) is 11.5 Å². The van der Waals surface area contributed by atoms with Gasteiger partial charge in [0.2, 0.25) is 0 Å². The standard InChI is InChI=1S/C17H24O2/c1-16(2)11-8-9-17(16,3)13(10-11)12-6-5-7-14(19-4)15(12)18/h5-7,11,13,18H,8-10H2,1-4H3/t11-,13+,17-/m1/s1. The molecule has 19 heavy (non-hydrogen) atoms. The maximum atomic E-state index is 10.4. The van der Waals surface area contributed by atoms with Crippen LogP contribution in [0, 0.1) is 16.7 Å². The van der Waals surface area contributed by atoms with Crippen LogP contribution in [0.4, 0.5) is 0 Å². The first kappa shape index (κ1) is 12.8. The van der Waals surface area contributed by atoms with Gasteiger partial charge in [-0.3, -0.25) is 0 Å². The third kappa shape index (κ3) is 1.49. The molecule has 0 saturated heterocycles. The van der Waals surface area contributed by atoms with E-state index in [2.05, 4.69) is 26.8 Å². The highest BCUT2D eigenvalue weighted by Crippen LogP contribution is 2.71. The fourth-order valence-corrected chi connectivity index (χ4v) is 4.66. The van der Waals surface area contributed by atoms with Gasteiger partial charge in [-0.15, -0.1) is 0 Å². The number of para-hydroxylation sites is 1. The number of benzene rings is 1. The fourth-order valence-electron chi connectivity index (χ4n) is 4.66. The minimum absolute atomic E-state index is 0.293. The van der Waals surface area contributed by atoms with Gasteiger partial charge in [0.1, 0.15) is 0 Å². The second-order valence-electron chi connectivity index (χ2n) is 7.06. The highest BCUT2D eigenvalue weighted by Gasteiger charge is 2.61. The summed E-state index contributed by atoms with van der Waals surface area (Å²) in [5.74, 6) is 2.19. The second kappa shape index (κ2) is 3.91. The van der Waals surface area contributed by atoms with Gasteiger partial charge in [-0.25, -0.2) is 0 Å². The minimum Gasteiger partial charge on any atom is -0.504 e. The van der Waals surface area contributed by atoms with Crippen LogP contribution in [-0.2, 0) is 0 Å². The number of hydrogen-bond acceptors (Lipinski definition) is 2. The van der Waals surface area contributed by atoms with Crippen molar-refractivity contribution in [1.29, 1.82) is 0 Å². The van der Waals surface area contributed by atoms with E-state index in [0.29, 0.717) is 28.2 Å². The number of hydrogen-bond donors (Lipinski definition) is 1. The van der Waals surface area contributed by atoms with E-state index in [4.69, 9.17) is 4.74 Å². The number of rotatable bonds is 2. The molecule has 0 heterocycles. The highest BCUT2D eigenvalue weighted by molar-refractivity contribution is 5.48. The number of methoxy groups -OCH3 is 1. The van der Waals surface area contributed by atoms with E-state index in [9.17, 15) is 5.11 Å². The van der Waals surface area contributed by atoms with Crippen molar-refractivity contribution >= 4 is 0 Å². The van der Waals surface area contributed by atoms with Crippen LogP contribution in [-0.4, -0.2) is 12.2 Å². The van der Waals surface area contributed by atoms with Crippen LogP contribution in [0.1, 0.15) is 51.5 Å². The van der Waals surface area contributed by atoms with Gasteiger partial charge in [0.05, 0.1) is 7.11 Å². The van der Waals surface area contributed by atoms with E-state index in [1.165, 1.54) is 19.3 Å². The van der Waals surface area contributed by atoms with Crippen LogP contribution < -0.4 is 4.74 Å². The number of phenols is 1. The van der Waals surface area contributed by atoms with Crippen LogP contribution in [0.25, 0.3) is 0 Å². The summed E-state index contributed by atoms with van der Waals surface area (Å²) >= 11 is 0. The zero-order valence-electron chi connectivity index (χ0n) is 12.4. The molecule has 0 aliphatic heterocycles. The first-order valence-electron chi connectivity index (χ1n) is 7.27. The average molecular weight is 260 g/mol. The predicted molar refractivity (Wildman–Crippen MR) is 76.6 cm³/mol. The SMILES string of the molecule is COc1cccc([C@@H]2C[C@H]3CC[C@@]2(C)C3(C)C)c1O. The first-order chi connectivity index (χ1) is 8.91. The molecule has 3 atom stereocenters. The summed E-state index contributed by atoms with van der Waals surface area (Å²) in [4.78, 5) is 0. The summed E-state index contributed by atoms with van der Waals surface area (Å²) < 4.78 is 5.26. The molecule has 3 rings (SSSR count). The summed E-state index contributed by atoms with van der Waals surface area (Å²) in [6, 6.07) is 5.90. The smallest absolute Gasteiger partial charge is 0.161 e. The first-order valence-corrected chi connectivity index (χ1v) is 7.27. The van der Waals surface area contributed by atoms with E-state index in [0.717, 1.165) is 11.5 Å². The Morgan fingerprint density at radius 3 is 2.53 bits per heavy atom. The molecule has 1 aromatic rings. The Bertz CT molecular complexity index is 506. The quantitative estimate of drug-likeness (QED) is 0.857. The van der Waals surface area contributed by atoms with Crippen molar-refractivity contribution in [2.75, 3.05) is 7.11 Å². The number of ether oxygens (including phenoxy) is 1. The Morgan fingerprint density at radius 1 is 1.26 bits per heavy atom. The van der Waals surface area contributed by atoms with Crippen molar-refractivity contribution < 1.29 is 9.84 Å². The van der Waals surface area contributed by atoms with Crippen molar-refractivity contribution in [2.24, 2.45) is 16.7 Å². The van der Waals surface area contributed by atoms with Gasteiger partial charge >= 0.3 is 0 Å². The van der Waals surface area contributed by atoms with E-state index >= 15 is 0 Å². The molecule has 2 heteroatoms. The van der Waals surface area contributed by atoms with Gasteiger partial charge in [-0.1, -0.05) is 32.9 Å². The molecular weight excluding hydrogens is 236 g/mol. The van der Waals surface area contributed by atoms with Crippen molar-refractivity contribution in [2.45, 2.75) is 46.0 Å². The summed E-state index contributed by atoms with van der Waals surface area (Å²) in [5.41, 5.74) is 1.74. The van der Waals surface area contributed by atoms with Crippen LogP contribution in [0.2, 0.25) is 0 Å². The van der Waals surface area contributed by atoms with E-state index in [-0.39, 0.29) is 0 Å². The Labute approximate surface area is 115 Å². The molecule has 2 aliphatic carbocycles. The third-order valence-electron chi connectivity index (χ3n) is 6.42. The molecule has 0 spiro atoms. The normalized spacial score (nSPS) is 35.6. The van der Waals surface area contributed by atoms with E-state index in [1.54, 1.807) is 7.11 Å². The summed E-state index contributed by atoms with van der Waals surface area (Å²) in [7, 11) is 1.62. The van der Waals surface area contributed by atoms with Crippen molar-refractivity contribution in [1.82, 2.24) is 0 Å². The number of aromatic hydroxyl groups is 1. The van der Waals surface area contributed by atoms with Crippen LogP contribution in [0.15, 0.2) is 18.2 Å². The lowest BCUT2D eigenvalue weighted by molar-refractivity contribution is 0.133. The highest BCUT2D eigenvalue weighted by atomic mass is 16.5. The molecule has 1 aromatic carbocycles. The van der Waals surface area contributed by atoms with Gasteiger partial charge in [-0.2, -0.15) is 0 Å². The monoisotopic (exact) mass is 260 g/mol. The topological polar surface area (TPSA) is 29.5 Å². The van der Waals surface area contributed by atoms with Gasteiger partial charge in [0.25, 0.3) is 0 Å². The Kier molecular flexibility index (Phi) is 2.64. The average Bonchev–Trinajstić information content (AvgIpc) is 2.71. The molecule has 0 aromatic heterocycles. The lowest BCUT2D eigenvalue weighted by Gasteiger charge is -2.39. The maximum Gasteiger partial charge on any atom is 0.161 e. The molecule has 0 unspecified atom stereocenters.